The van der Waals surface area contributed by atoms with Crippen molar-refractivity contribution in [2.75, 3.05) is 16.8 Å². The average Bonchev–Trinajstić information content (AvgIpc) is 3.14. The third-order valence-electron chi connectivity index (χ3n) is 4.32. The van der Waals surface area contributed by atoms with Crippen LogP contribution in [0, 0.1) is 12.3 Å². The van der Waals surface area contributed by atoms with E-state index in [-0.39, 0.29) is 23.6 Å². The number of amides is 1. The molecule has 1 aliphatic heterocycles. The Labute approximate surface area is 161 Å². The molecule has 1 aliphatic rings. The number of nitrogens with one attached hydrogen (secondary N) is 1. The van der Waals surface area contributed by atoms with E-state index in [0.29, 0.717) is 25.2 Å². The Morgan fingerprint density at radius 3 is 2.61 bits per heavy atom. The molecule has 0 radical (unpaired) electrons. The highest BCUT2D eigenvalue weighted by Gasteiger charge is 2.37. The minimum absolute atomic E-state index is 0.0971. The van der Waals surface area contributed by atoms with Crippen LogP contribution < -0.4 is 10.2 Å². The molecule has 3 rings (SSSR count). The number of rotatable bonds is 4. The van der Waals surface area contributed by atoms with Gasteiger partial charge in [-0.05, 0) is 24.0 Å². The van der Waals surface area contributed by atoms with Crippen LogP contribution in [-0.2, 0) is 23.9 Å². The minimum atomic E-state index is -4.60. The topological polar surface area (TPSA) is 71.3 Å². The van der Waals surface area contributed by atoms with Crippen LogP contribution in [0.3, 0.4) is 0 Å². The summed E-state index contributed by atoms with van der Waals surface area (Å²) in [7, 11) is 0. The zero-order valence-corrected chi connectivity index (χ0v) is 16.3. The summed E-state index contributed by atoms with van der Waals surface area (Å²) in [4.78, 5) is 22.2. The monoisotopic (exact) mass is 396 g/mol. The number of hydrogen-bond donors (Lipinski definition) is 1. The first-order valence-electron chi connectivity index (χ1n) is 8.99. The molecule has 0 aliphatic carbocycles. The molecule has 3 heterocycles. The zero-order chi connectivity index (χ0) is 20.7. The van der Waals surface area contributed by atoms with Gasteiger partial charge in [0.15, 0.2) is 0 Å². The van der Waals surface area contributed by atoms with Crippen LogP contribution in [0.5, 0.6) is 0 Å². The van der Waals surface area contributed by atoms with E-state index in [1.54, 1.807) is 0 Å². The van der Waals surface area contributed by atoms with Crippen molar-refractivity contribution in [1.29, 1.82) is 0 Å². The summed E-state index contributed by atoms with van der Waals surface area (Å²) in [5.41, 5.74) is 2.52. The summed E-state index contributed by atoms with van der Waals surface area (Å²) < 4.78 is 42.5. The molecule has 2 aromatic heterocycles. The Balaban J connectivity index is 1.74. The van der Waals surface area contributed by atoms with Gasteiger partial charge in [-0.1, -0.05) is 20.8 Å². The van der Waals surface area contributed by atoms with E-state index in [4.69, 9.17) is 0 Å². The minimum Gasteiger partial charge on any atom is -0.441 e. The largest absolute Gasteiger partial charge is 0.468 e. The Bertz CT molecular complexity index is 884. The van der Waals surface area contributed by atoms with Gasteiger partial charge in [-0.15, -0.1) is 0 Å². The van der Waals surface area contributed by atoms with Crippen molar-refractivity contribution in [2.45, 2.75) is 53.3 Å². The van der Waals surface area contributed by atoms with Gasteiger partial charge in [-0.2, -0.15) is 13.2 Å². The molecule has 0 fully saturated rings. The smallest absolute Gasteiger partial charge is 0.441 e. The second kappa shape index (κ2) is 7.10. The van der Waals surface area contributed by atoms with E-state index in [2.05, 4.69) is 19.7 Å². The number of oxazole rings is 1. The number of halogens is 3. The van der Waals surface area contributed by atoms with E-state index >= 15 is 0 Å². The number of aryl methyl sites for hydroxylation is 1. The molecule has 152 valence electrons. The second-order valence-electron chi connectivity index (χ2n) is 8.22. The molecule has 0 spiro atoms. The lowest BCUT2D eigenvalue weighted by Crippen LogP contribution is -2.21. The quantitative estimate of drug-likeness (QED) is 0.833. The fourth-order valence-corrected chi connectivity index (χ4v) is 3.11. The average molecular weight is 396 g/mol. The zero-order valence-electron chi connectivity index (χ0n) is 16.3. The highest BCUT2D eigenvalue weighted by Crippen LogP contribution is 2.33. The normalized spacial score (nSPS) is 14.3. The highest BCUT2D eigenvalue weighted by atomic mass is 19.4. The predicted molar refractivity (Wildman–Crippen MR) is 97.9 cm³/mol. The van der Waals surface area contributed by atoms with Crippen LogP contribution >= 0.6 is 0 Å². The van der Waals surface area contributed by atoms with Crippen molar-refractivity contribution >= 4 is 17.4 Å². The molecule has 0 saturated heterocycles. The second-order valence-corrected chi connectivity index (χ2v) is 8.22. The van der Waals surface area contributed by atoms with Gasteiger partial charge in [0.2, 0.25) is 5.91 Å². The lowest BCUT2D eigenvalue weighted by atomic mass is 9.92. The molecular weight excluding hydrogens is 373 g/mol. The molecule has 1 N–H and O–H groups in total. The van der Waals surface area contributed by atoms with Crippen molar-refractivity contribution < 1.29 is 22.4 Å². The number of anilines is 2. The van der Waals surface area contributed by atoms with Gasteiger partial charge in [-0.25, -0.2) is 9.97 Å². The van der Waals surface area contributed by atoms with E-state index in [1.807, 2.05) is 38.7 Å². The number of carbonyl (C=O) groups is 1. The number of nitrogens with zero attached hydrogens (tertiary/aromatic N) is 3. The van der Waals surface area contributed by atoms with Crippen molar-refractivity contribution in [2.24, 2.45) is 5.41 Å². The van der Waals surface area contributed by atoms with E-state index < -0.39 is 12.1 Å². The first-order chi connectivity index (χ1) is 12.9. The Kier molecular flexibility index (Phi) is 5.12. The molecule has 6 nitrogen and oxygen atoms in total. The molecule has 0 aromatic carbocycles. The molecule has 0 unspecified atom stereocenters. The third kappa shape index (κ3) is 4.63. The fraction of sp³-hybridized carbons (Fsp3) is 0.526. The van der Waals surface area contributed by atoms with Gasteiger partial charge in [0.25, 0.3) is 0 Å². The molecular formula is C19H23F3N4O2. The lowest BCUT2D eigenvalue weighted by Gasteiger charge is -2.20. The maximum atomic E-state index is 12.6. The van der Waals surface area contributed by atoms with Gasteiger partial charge >= 0.3 is 12.1 Å². The number of fused-ring (bicyclic) bond motifs is 1. The maximum absolute atomic E-state index is 12.6. The first-order valence-corrected chi connectivity index (χ1v) is 8.99. The lowest BCUT2D eigenvalue weighted by molar-refractivity contribution is -0.157. The number of carbonyl (C=O) groups excluding carboxylic acids is 1. The van der Waals surface area contributed by atoms with E-state index in [0.717, 1.165) is 23.2 Å². The van der Waals surface area contributed by atoms with Crippen molar-refractivity contribution in [3.05, 3.63) is 35.2 Å². The van der Waals surface area contributed by atoms with Gasteiger partial charge < -0.3 is 14.6 Å². The van der Waals surface area contributed by atoms with Crippen molar-refractivity contribution in [3.63, 3.8) is 0 Å². The first kappa shape index (κ1) is 20.2. The summed E-state index contributed by atoms with van der Waals surface area (Å²) >= 11 is 0. The van der Waals surface area contributed by atoms with Crippen LogP contribution in [0.1, 0.15) is 50.0 Å². The maximum Gasteiger partial charge on any atom is 0.468 e. The summed E-state index contributed by atoms with van der Waals surface area (Å²) in [5, 5.41) is 2.86. The van der Waals surface area contributed by atoms with Gasteiger partial charge in [0.1, 0.15) is 12.1 Å². The number of pyridine rings is 1. The van der Waals surface area contributed by atoms with Crippen molar-refractivity contribution in [3.8, 4) is 0 Å². The number of alkyl halides is 3. The van der Waals surface area contributed by atoms with Gasteiger partial charge in [-0.3, -0.25) is 4.79 Å². The number of hydrogen-bond acceptors (Lipinski definition) is 5. The molecule has 9 heteroatoms. The Hall–Kier alpha value is -2.58. The molecule has 1 amide bonds. The van der Waals surface area contributed by atoms with E-state index in [9.17, 15) is 18.0 Å². The third-order valence-corrected chi connectivity index (χ3v) is 4.32. The van der Waals surface area contributed by atoms with Crippen molar-refractivity contribution in [1.82, 2.24) is 9.97 Å². The molecule has 0 bridgehead atoms. The van der Waals surface area contributed by atoms with Crippen LogP contribution in [0.15, 0.2) is 16.7 Å². The van der Waals surface area contributed by atoms with E-state index in [1.165, 1.54) is 0 Å². The summed E-state index contributed by atoms with van der Waals surface area (Å²) in [6.07, 6.45) is -2.55. The predicted octanol–water partition coefficient (Wildman–Crippen LogP) is 4.33. The summed E-state index contributed by atoms with van der Waals surface area (Å²) in [6, 6.07) is 1.90. The van der Waals surface area contributed by atoms with Gasteiger partial charge in [0.05, 0.1) is 23.6 Å². The molecule has 0 saturated carbocycles. The Morgan fingerprint density at radius 1 is 1.29 bits per heavy atom. The summed E-state index contributed by atoms with van der Waals surface area (Å²) in [6.45, 7) is 8.61. The molecule has 28 heavy (non-hydrogen) atoms. The SMILES string of the molecule is Cc1cc2c(nc1NC(=O)CC(C)(C)C)CCN2Cc1coc(C(F)(F)F)n1. The standard InChI is InChI=1S/C19H23F3N4O2/c1-11-7-14-13(24-16(11)25-15(27)8-18(2,3)4)5-6-26(14)9-12-10-28-17(23-12)19(20,21)22/h7,10H,5-6,8-9H2,1-4H3,(H,24,25,27). The van der Waals surface area contributed by atoms with Gasteiger partial charge in [0, 0.05) is 19.4 Å². The van der Waals surface area contributed by atoms with Crippen LogP contribution in [-0.4, -0.2) is 22.4 Å². The van der Waals surface area contributed by atoms with Crippen LogP contribution in [0.4, 0.5) is 24.7 Å². The highest BCUT2D eigenvalue weighted by molar-refractivity contribution is 5.91. The van der Waals surface area contributed by atoms with Crippen LogP contribution in [0.2, 0.25) is 0 Å². The number of aromatic nitrogens is 2. The van der Waals surface area contributed by atoms with Crippen LogP contribution in [0.25, 0.3) is 0 Å². The molecule has 2 aromatic rings. The fourth-order valence-electron chi connectivity index (χ4n) is 3.11. The Morgan fingerprint density at radius 2 is 2.00 bits per heavy atom. The molecule has 0 atom stereocenters. The summed E-state index contributed by atoms with van der Waals surface area (Å²) in [5.74, 6) is -0.816.